The molecule has 1 N–H and O–H groups in total. The molecule has 0 saturated carbocycles. The highest BCUT2D eigenvalue weighted by atomic mass is 16.1. The van der Waals surface area contributed by atoms with Crippen LogP contribution in [0.25, 0.3) is 10.9 Å². The van der Waals surface area contributed by atoms with Crippen molar-refractivity contribution in [2.75, 3.05) is 13.1 Å². The SMILES string of the molecule is Cc1ccc2cc([C@@H](c3nnnn3Cc3ccccc3)N3CCC(Cc4ccccc4)CC3)c(=O)[nH]c2c1. The number of aromatic amines is 1. The molecule has 0 unspecified atom stereocenters. The Balaban J connectivity index is 1.35. The van der Waals surface area contributed by atoms with E-state index in [2.05, 4.69) is 80.0 Å². The minimum absolute atomic E-state index is 0.0891. The Labute approximate surface area is 222 Å². The molecule has 0 radical (unpaired) electrons. The lowest BCUT2D eigenvalue weighted by atomic mass is 9.89. The van der Waals surface area contributed by atoms with E-state index < -0.39 is 0 Å². The predicted octanol–water partition coefficient (Wildman–Crippen LogP) is 4.92. The molecule has 192 valence electrons. The Morgan fingerprint density at radius 3 is 2.37 bits per heavy atom. The average Bonchev–Trinajstić information content (AvgIpc) is 3.39. The van der Waals surface area contributed by atoms with Gasteiger partial charge in [-0.25, -0.2) is 4.68 Å². The molecule has 1 atom stereocenters. The van der Waals surface area contributed by atoms with Crippen molar-refractivity contribution in [2.45, 2.75) is 38.8 Å². The van der Waals surface area contributed by atoms with Crippen LogP contribution in [0.5, 0.6) is 0 Å². The van der Waals surface area contributed by atoms with Gasteiger partial charge in [0, 0.05) is 11.1 Å². The Morgan fingerprint density at radius 1 is 0.921 bits per heavy atom. The molecule has 3 heterocycles. The Kier molecular flexibility index (Phi) is 6.84. The summed E-state index contributed by atoms with van der Waals surface area (Å²) in [5.41, 5.74) is 5.06. The number of hydrogen-bond donors (Lipinski definition) is 1. The van der Waals surface area contributed by atoms with Crippen LogP contribution in [0.15, 0.2) is 89.7 Å². The van der Waals surface area contributed by atoms with E-state index >= 15 is 0 Å². The largest absolute Gasteiger partial charge is 0.322 e. The van der Waals surface area contributed by atoms with Crippen molar-refractivity contribution >= 4 is 10.9 Å². The molecule has 1 aliphatic rings. The molecule has 7 heteroatoms. The number of hydrogen-bond acceptors (Lipinski definition) is 5. The van der Waals surface area contributed by atoms with E-state index in [4.69, 9.17) is 0 Å². The maximum atomic E-state index is 13.5. The van der Waals surface area contributed by atoms with Crippen LogP contribution in [0.4, 0.5) is 0 Å². The zero-order valence-corrected chi connectivity index (χ0v) is 21.6. The summed E-state index contributed by atoms with van der Waals surface area (Å²) < 4.78 is 1.84. The summed E-state index contributed by atoms with van der Waals surface area (Å²) in [6.45, 7) is 4.35. The molecular formula is C31H32N6O. The van der Waals surface area contributed by atoms with Crippen LogP contribution in [0.2, 0.25) is 0 Å². The number of piperidine rings is 1. The summed E-state index contributed by atoms with van der Waals surface area (Å²) in [5, 5.41) is 13.9. The lowest BCUT2D eigenvalue weighted by molar-refractivity contribution is 0.143. The Hall–Kier alpha value is -4.10. The van der Waals surface area contributed by atoms with Crippen molar-refractivity contribution in [3.8, 4) is 0 Å². The van der Waals surface area contributed by atoms with Gasteiger partial charge in [-0.1, -0.05) is 72.8 Å². The first-order valence-corrected chi connectivity index (χ1v) is 13.4. The van der Waals surface area contributed by atoms with Crippen molar-refractivity contribution in [1.29, 1.82) is 0 Å². The number of fused-ring (bicyclic) bond motifs is 1. The van der Waals surface area contributed by atoms with Gasteiger partial charge in [0.25, 0.3) is 5.56 Å². The van der Waals surface area contributed by atoms with Gasteiger partial charge in [0.1, 0.15) is 6.04 Å². The van der Waals surface area contributed by atoms with Crippen LogP contribution < -0.4 is 5.56 Å². The number of H-pyrrole nitrogens is 1. The molecular weight excluding hydrogens is 472 g/mol. The smallest absolute Gasteiger partial charge is 0.253 e. The monoisotopic (exact) mass is 504 g/mol. The minimum Gasteiger partial charge on any atom is -0.322 e. The lowest BCUT2D eigenvalue weighted by Gasteiger charge is -2.37. The number of pyridine rings is 1. The molecule has 0 amide bonds. The van der Waals surface area contributed by atoms with Gasteiger partial charge >= 0.3 is 0 Å². The van der Waals surface area contributed by atoms with E-state index in [-0.39, 0.29) is 11.6 Å². The molecule has 3 aromatic carbocycles. The molecule has 6 rings (SSSR count). The first-order valence-electron chi connectivity index (χ1n) is 13.4. The minimum atomic E-state index is -0.333. The van der Waals surface area contributed by atoms with Crippen LogP contribution in [-0.2, 0) is 13.0 Å². The van der Waals surface area contributed by atoms with E-state index in [9.17, 15) is 4.79 Å². The molecule has 7 nitrogen and oxygen atoms in total. The van der Waals surface area contributed by atoms with Crippen molar-refractivity contribution in [3.05, 3.63) is 123 Å². The van der Waals surface area contributed by atoms with E-state index in [1.165, 1.54) is 5.56 Å². The van der Waals surface area contributed by atoms with Crippen molar-refractivity contribution < 1.29 is 0 Å². The third-order valence-corrected chi connectivity index (χ3v) is 7.69. The number of aromatic nitrogens is 5. The average molecular weight is 505 g/mol. The summed E-state index contributed by atoms with van der Waals surface area (Å²) in [6, 6.07) is 28.8. The summed E-state index contributed by atoms with van der Waals surface area (Å²) in [4.78, 5) is 19.1. The first kappa shape index (κ1) is 24.2. The van der Waals surface area contributed by atoms with Crippen molar-refractivity contribution in [3.63, 3.8) is 0 Å². The summed E-state index contributed by atoms with van der Waals surface area (Å²) in [7, 11) is 0. The number of likely N-dealkylation sites (tertiary alicyclic amines) is 1. The van der Waals surface area contributed by atoms with Crippen LogP contribution in [0.1, 0.15) is 47.0 Å². The van der Waals surface area contributed by atoms with Crippen LogP contribution >= 0.6 is 0 Å². The van der Waals surface area contributed by atoms with E-state index in [0.29, 0.717) is 23.9 Å². The number of tetrazole rings is 1. The fourth-order valence-corrected chi connectivity index (χ4v) is 5.67. The number of nitrogens with one attached hydrogen (secondary N) is 1. The molecule has 38 heavy (non-hydrogen) atoms. The second-order valence-corrected chi connectivity index (χ2v) is 10.4. The maximum absolute atomic E-state index is 13.5. The van der Waals surface area contributed by atoms with Gasteiger partial charge in [-0.05, 0) is 89.8 Å². The maximum Gasteiger partial charge on any atom is 0.253 e. The second kappa shape index (κ2) is 10.7. The molecule has 0 bridgehead atoms. The van der Waals surface area contributed by atoms with E-state index in [1.54, 1.807) is 0 Å². The summed E-state index contributed by atoms with van der Waals surface area (Å²) in [5.74, 6) is 1.32. The van der Waals surface area contributed by atoms with E-state index in [1.807, 2.05) is 41.9 Å². The van der Waals surface area contributed by atoms with Crippen molar-refractivity contribution in [2.24, 2.45) is 5.92 Å². The standard InChI is InChI=1S/C31H32N6O/c1-22-12-13-26-20-27(31(38)32-28(26)18-22)29(30-33-34-35-37(30)21-25-10-6-3-7-11-25)36-16-14-24(15-17-36)19-23-8-4-2-5-9-23/h2-13,18,20,24,29H,14-17,19,21H2,1H3,(H,32,38)/t29-/m0/s1. The fraction of sp³-hybridized carbons (Fsp3) is 0.290. The summed E-state index contributed by atoms with van der Waals surface area (Å²) in [6.07, 6.45) is 3.22. The van der Waals surface area contributed by atoms with Gasteiger partial charge in [-0.15, -0.1) is 5.10 Å². The second-order valence-electron chi connectivity index (χ2n) is 10.4. The van der Waals surface area contributed by atoms with E-state index in [0.717, 1.165) is 54.4 Å². The molecule has 5 aromatic rings. The normalized spacial score (nSPS) is 15.6. The van der Waals surface area contributed by atoms with Gasteiger partial charge < -0.3 is 4.98 Å². The van der Waals surface area contributed by atoms with Gasteiger partial charge in [-0.2, -0.15) is 0 Å². The highest BCUT2D eigenvalue weighted by molar-refractivity contribution is 5.79. The van der Waals surface area contributed by atoms with Gasteiger partial charge in [0.15, 0.2) is 5.82 Å². The number of nitrogens with zero attached hydrogens (tertiary/aromatic N) is 5. The zero-order valence-electron chi connectivity index (χ0n) is 21.6. The fourth-order valence-electron chi connectivity index (χ4n) is 5.67. The molecule has 2 aromatic heterocycles. The Bertz CT molecular complexity index is 1570. The van der Waals surface area contributed by atoms with Crippen molar-refractivity contribution in [1.82, 2.24) is 30.1 Å². The Morgan fingerprint density at radius 2 is 1.63 bits per heavy atom. The highest BCUT2D eigenvalue weighted by Crippen LogP contribution is 2.32. The molecule has 0 spiro atoms. The topological polar surface area (TPSA) is 79.7 Å². The molecule has 0 aliphatic carbocycles. The quantitative estimate of drug-likeness (QED) is 0.341. The number of aryl methyl sites for hydroxylation is 1. The third kappa shape index (κ3) is 5.15. The van der Waals surface area contributed by atoms with Gasteiger partial charge in [-0.3, -0.25) is 9.69 Å². The predicted molar refractivity (Wildman–Crippen MR) is 149 cm³/mol. The molecule has 1 saturated heterocycles. The van der Waals surface area contributed by atoms with Crippen LogP contribution in [0, 0.1) is 12.8 Å². The first-order chi connectivity index (χ1) is 18.6. The van der Waals surface area contributed by atoms with Gasteiger partial charge in [0.05, 0.1) is 6.54 Å². The number of benzene rings is 3. The third-order valence-electron chi connectivity index (χ3n) is 7.69. The van der Waals surface area contributed by atoms with Crippen LogP contribution in [-0.4, -0.2) is 43.2 Å². The summed E-state index contributed by atoms with van der Waals surface area (Å²) >= 11 is 0. The van der Waals surface area contributed by atoms with Gasteiger partial charge in [0.2, 0.25) is 0 Å². The van der Waals surface area contributed by atoms with Crippen LogP contribution in [0.3, 0.4) is 0 Å². The molecule has 1 fully saturated rings. The highest BCUT2D eigenvalue weighted by Gasteiger charge is 2.33. The molecule has 1 aliphatic heterocycles. The zero-order chi connectivity index (χ0) is 25.9. The number of rotatable bonds is 7. The lowest BCUT2D eigenvalue weighted by Crippen LogP contribution is -2.41.